The molecule has 3 aromatic heterocycles. The number of aromatic nitrogens is 5. The number of carbonyl (C=O) groups is 4. The van der Waals surface area contributed by atoms with E-state index in [2.05, 4.69) is 85.9 Å². The number of fused-ring (bicyclic) bond motifs is 1. The molecule has 5 aromatic rings. The highest BCUT2D eigenvalue weighted by molar-refractivity contribution is 6.04. The van der Waals surface area contributed by atoms with E-state index >= 15 is 0 Å². The van der Waals surface area contributed by atoms with Crippen LogP contribution in [0.25, 0.3) is 44.5 Å². The Morgan fingerprint density at radius 3 is 2.15 bits per heavy atom. The van der Waals surface area contributed by atoms with Crippen molar-refractivity contribution in [3.8, 4) is 33.6 Å². The molecule has 0 bridgehead atoms. The van der Waals surface area contributed by atoms with Gasteiger partial charge in [0.2, 0.25) is 11.8 Å². The number of benzene rings is 2. The number of hydrogen-bond donors (Lipinski definition) is 6. The lowest BCUT2D eigenvalue weighted by molar-refractivity contribution is -0.135. The van der Waals surface area contributed by atoms with Crippen LogP contribution in [-0.2, 0) is 19.1 Å². The number of ether oxygens (including phenoxy) is 2. The number of nitrogens with one attached hydrogen (secondary N) is 6. The van der Waals surface area contributed by atoms with Crippen molar-refractivity contribution in [3.63, 3.8) is 0 Å². The maximum absolute atomic E-state index is 13.6. The number of aromatic amines is 3. The van der Waals surface area contributed by atoms with E-state index in [-0.39, 0.29) is 35.6 Å². The molecule has 0 radical (unpaired) electrons. The average molecular weight is 808 g/mol. The number of methoxy groups -OCH3 is 2. The first-order valence-corrected chi connectivity index (χ1v) is 20.4. The highest BCUT2D eigenvalue weighted by atomic mass is 16.5. The lowest BCUT2D eigenvalue weighted by atomic mass is 9.95. The van der Waals surface area contributed by atoms with Gasteiger partial charge in [-0.15, -0.1) is 0 Å². The molecule has 4 heterocycles. The maximum Gasteiger partial charge on any atom is 0.407 e. The summed E-state index contributed by atoms with van der Waals surface area (Å²) in [6.45, 7) is 12.8. The summed E-state index contributed by atoms with van der Waals surface area (Å²) in [6.07, 6.45) is 7.65. The molecule has 6 rings (SSSR count). The number of carbonyl (C=O) groups excluding carboxylic acids is 4. The number of rotatable bonds is 15. The lowest BCUT2D eigenvalue weighted by Gasteiger charge is -2.30. The second-order valence-corrected chi connectivity index (χ2v) is 16.1. The summed E-state index contributed by atoms with van der Waals surface area (Å²) in [5, 5.41) is 9.38. The van der Waals surface area contributed by atoms with E-state index in [0.717, 1.165) is 87.4 Å². The number of imidazole rings is 2. The number of aryl methyl sites for hydroxylation is 1. The van der Waals surface area contributed by atoms with Gasteiger partial charge in [0, 0.05) is 36.2 Å². The first kappa shape index (κ1) is 42.5. The number of likely N-dealkylation sites (tertiary alicyclic amines) is 1. The quantitative estimate of drug-likeness (QED) is 0.0590. The van der Waals surface area contributed by atoms with Gasteiger partial charge in [0.05, 0.1) is 49.6 Å². The standard InChI is InChI=1S/C44H57N9O6/c1-24(2)36(51-43(56)58-7)41(54)45-19-9-11-26(5)39-47-23-33(50-39)31-18-17-30(35-27(6)21-46-38(31)35)28-13-15-29(16-14-28)32-22-48-40(49-32)34-12-10-20-53(34)42(55)37(25(3)4)52-44(57)59-8/h13-18,21-26,34,36-37,46H,9-12,19-20H2,1-8H3,(H,45,54)(H,47,50)(H,48,49)(H,51,56)(H,52,57)/t26-,34+,36+,37+/m1/s1. The Morgan fingerprint density at radius 1 is 0.831 bits per heavy atom. The normalized spacial score (nSPS) is 15.6. The molecular formula is C44H57N9O6. The highest BCUT2D eigenvalue weighted by Crippen LogP contribution is 2.38. The minimum Gasteiger partial charge on any atom is -0.453 e. The molecule has 6 N–H and O–H groups in total. The van der Waals surface area contributed by atoms with Crippen LogP contribution in [0.3, 0.4) is 0 Å². The molecule has 4 atom stereocenters. The topological polar surface area (TPSA) is 199 Å². The fraction of sp³-hybridized carbons (Fsp3) is 0.455. The summed E-state index contributed by atoms with van der Waals surface area (Å²) in [5.41, 5.74) is 8.11. The molecule has 0 spiro atoms. The minimum atomic E-state index is -0.692. The molecule has 1 saturated heterocycles. The van der Waals surface area contributed by atoms with Gasteiger partial charge in [-0.25, -0.2) is 19.6 Å². The molecule has 1 fully saturated rings. The zero-order valence-corrected chi connectivity index (χ0v) is 35.2. The Balaban J connectivity index is 1.12. The van der Waals surface area contributed by atoms with Crippen molar-refractivity contribution < 1.29 is 28.7 Å². The first-order valence-electron chi connectivity index (χ1n) is 20.4. The van der Waals surface area contributed by atoms with Crippen molar-refractivity contribution in [2.75, 3.05) is 27.3 Å². The van der Waals surface area contributed by atoms with Gasteiger partial charge in [0.25, 0.3) is 0 Å². The molecule has 15 heteroatoms. The predicted octanol–water partition coefficient (Wildman–Crippen LogP) is 7.35. The zero-order valence-electron chi connectivity index (χ0n) is 35.2. The summed E-state index contributed by atoms with van der Waals surface area (Å²) < 4.78 is 9.44. The number of H-pyrrole nitrogens is 3. The Morgan fingerprint density at radius 2 is 1.47 bits per heavy atom. The summed E-state index contributed by atoms with van der Waals surface area (Å²) in [6, 6.07) is 11.1. The van der Waals surface area contributed by atoms with Crippen LogP contribution in [0.15, 0.2) is 55.0 Å². The number of hydrogen-bond acceptors (Lipinski definition) is 8. The van der Waals surface area contributed by atoms with Gasteiger partial charge in [-0.2, -0.15) is 0 Å². The van der Waals surface area contributed by atoms with Crippen molar-refractivity contribution >= 4 is 34.9 Å². The monoisotopic (exact) mass is 807 g/mol. The molecule has 59 heavy (non-hydrogen) atoms. The molecule has 0 saturated carbocycles. The Kier molecular flexibility index (Phi) is 13.4. The number of alkyl carbamates (subject to hydrolysis) is 2. The highest BCUT2D eigenvalue weighted by Gasteiger charge is 2.37. The largest absolute Gasteiger partial charge is 0.453 e. The maximum atomic E-state index is 13.6. The third kappa shape index (κ3) is 9.45. The molecule has 15 nitrogen and oxygen atoms in total. The van der Waals surface area contributed by atoms with E-state index in [9.17, 15) is 19.2 Å². The smallest absolute Gasteiger partial charge is 0.407 e. The van der Waals surface area contributed by atoms with Crippen LogP contribution in [0.2, 0.25) is 0 Å². The molecular weight excluding hydrogens is 751 g/mol. The van der Waals surface area contributed by atoms with E-state index in [1.807, 2.05) is 51.2 Å². The SMILES string of the molecule is COC(=O)N[C@H](C(=O)NCCC[C@@H](C)c1ncc(-c2ccc(-c3ccc(-c4cnc([C@@H]5CCCN5C(=O)[C@@H](NC(=O)OC)C(C)C)[nH]4)cc3)c3c(C)c[nH]c23)[nH]1)C(C)C. The summed E-state index contributed by atoms with van der Waals surface area (Å²) >= 11 is 0. The molecule has 2 aromatic carbocycles. The van der Waals surface area contributed by atoms with Crippen molar-refractivity contribution in [2.45, 2.75) is 91.3 Å². The fourth-order valence-corrected chi connectivity index (χ4v) is 7.87. The number of nitrogens with zero attached hydrogens (tertiary/aromatic N) is 3. The minimum absolute atomic E-state index is 0.0826. The average Bonchev–Trinajstić information content (AvgIpc) is 4.07. The summed E-state index contributed by atoms with van der Waals surface area (Å²) in [5.74, 6) is 1.17. The predicted molar refractivity (Wildman–Crippen MR) is 226 cm³/mol. The van der Waals surface area contributed by atoms with E-state index in [4.69, 9.17) is 14.7 Å². The van der Waals surface area contributed by atoms with Gasteiger partial charge >= 0.3 is 12.2 Å². The molecule has 1 aliphatic heterocycles. The zero-order chi connectivity index (χ0) is 42.4. The second kappa shape index (κ2) is 18.6. The summed E-state index contributed by atoms with van der Waals surface area (Å²) in [4.78, 5) is 71.8. The molecule has 314 valence electrons. The van der Waals surface area contributed by atoms with E-state index in [0.29, 0.717) is 13.1 Å². The molecule has 0 aliphatic carbocycles. The van der Waals surface area contributed by atoms with Gasteiger partial charge < -0.3 is 45.3 Å². The van der Waals surface area contributed by atoms with Crippen LogP contribution in [-0.4, -0.2) is 93.2 Å². The van der Waals surface area contributed by atoms with Crippen LogP contribution < -0.4 is 16.0 Å². The van der Waals surface area contributed by atoms with Gasteiger partial charge in [-0.3, -0.25) is 9.59 Å². The van der Waals surface area contributed by atoms with Crippen LogP contribution in [0.5, 0.6) is 0 Å². The first-order chi connectivity index (χ1) is 28.3. The lowest BCUT2D eigenvalue weighted by Crippen LogP contribution is -2.51. The third-order valence-corrected chi connectivity index (χ3v) is 11.3. The van der Waals surface area contributed by atoms with Crippen LogP contribution in [0.4, 0.5) is 9.59 Å². The Labute approximate surface area is 344 Å². The van der Waals surface area contributed by atoms with Gasteiger partial charge in [0.15, 0.2) is 0 Å². The van der Waals surface area contributed by atoms with Crippen LogP contribution in [0.1, 0.15) is 89.5 Å². The van der Waals surface area contributed by atoms with Crippen molar-refractivity contribution in [3.05, 3.63) is 72.2 Å². The van der Waals surface area contributed by atoms with E-state index in [1.54, 1.807) is 0 Å². The second-order valence-electron chi connectivity index (χ2n) is 16.1. The summed E-state index contributed by atoms with van der Waals surface area (Å²) in [7, 11) is 2.57. The Hall–Kier alpha value is -6.12. The van der Waals surface area contributed by atoms with Gasteiger partial charge in [-0.1, -0.05) is 71.0 Å². The molecule has 1 aliphatic rings. The number of amides is 4. The van der Waals surface area contributed by atoms with Crippen LogP contribution in [0, 0.1) is 18.8 Å². The Bertz CT molecular complexity index is 2260. The third-order valence-electron chi connectivity index (χ3n) is 11.3. The molecule has 4 amide bonds. The fourth-order valence-electron chi connectivity index (χ4n) is 7.87. The van der Waals surface area contributed by atoms with Gasteiger partial charge in [0.1, 0.15) is 23.7 Å². The van der Waals surface area contributed by atoms with Crippen molar-refractivity contribution in [1.82, 2.24) is 45.8 Å². The van der Waals surface area contributed by atoms with Gasteiger partial charge in [-0.05, 0) is 66.7 Å². The van der Waals surface area contributed by atoms with Crippen molar-refractivity contribution in [2.24, 2.45) is 11.8 Å². The van der Waals surface area contributed by atoms with Crippen molar-refractivity contribution in [1.29, 1.82) is 0 Å². The van der Waals surface area contributed by atoms with E-state index in [1.165, 1.54) is 14.2 Å². The van der Waals surface area contributed by atoms with Crippen LogP contribution >= 0.6 is 0 Å². The molecule has 0 unspecified atom stereocenters. The van der Waals surface area contributed by atoms with E-state index < -0.39 is 24.3 Å².